The summed E-state index contributed by atoms with van der Waals surface area (Å²) >= 11 is 3.96. The number of aromatic nitrogens is 1. The van der Waals surface area contributed by atoms with Crippen molar-refractivity contribution in [3.8, 4) is 0 Å². The molecule has 1 aromatic heterocycles. The maximum absolute atomic E-state index is 2.43. The van der Waals surface area contributed by atoms with E-state index < -0.39 is 0 Å². The van der Waals surface area contributed by atoms with Crippen LogP contribution in [0.3, 0.4) is 0 Å². The Morgan fingerprint density at radius 2 is 1.69 bits per heavy atom. The lowest BCUT2D eigenvalue weighted by atomic mass is 10.2. The average Bonchev–Trinajstić information content (AvgIpc) is 2.92. The highest BCUT2D eigenvalue weighted by molar-refractivity contribution is 8.07. The third kappa shape index (κ3) is 4.50. The quantitative estimate of drug-likeness (QED) is 0.518. The molecule has 0 spiro atoms. The number of likely N-dealkylation sites (N-methyl/N-ethyl adjacent to an activating group) is 1. The zero-order chi connectivity index (χ0) is 20.8. The van der Waals surface area contributed by atoms with Crippen LogP contribution in [0.25, 0.3) is 6.08 Å². The molecule has 4 nitrogen and oxygen atoms in total. The summed E-state index contributed by atoms with van der Waals surface area (Å²) in [6.07, 6.45) is 11.9. The summed E-state index contributed by atoms with van der Waals surface area (Å²) in [7, 11) is 13.9. The average molecular weight is 434 g/mol. The molecular weight excluding hydrogens is 396 g/mol. The van der Waals surface area contributed by atoms with Gasteiger partial charge in [-0.1, -0.05) is 29.2 Å². The summed E-state index contributed by atoms with van der Waals surface area (Å²) in [4.78, 5) is 5.57. The van der Waals surface area contributed by atoms with Gasteiger partial charge in [0.15, 0.2) is 0 Å². The van der Waals surface area contributed by atoms with Crippen LogP contribution in [0.15, 0.2) is 27.8 Å². The van der Waals surface area contributed by atoms with Gasteiger partial charge in [-0.15, -0.1) is 0 Å². The van der Waals surface area contributed by atoms with Crippen molar-refractivity contribution in [2.45, 2.75) is 32.2 Å². The van der Waals surface area contributed by atoms with Gasteiger partial charge in [0, 0.05) is 38.1 Å². The van der Waals surface area contributed by atoms with Crippen LogP contribution in [0.4, 0.5) is 0 Å². The van der Waals surface area contributed by atoms with E-state index >= 15 is 0 Å². The molecule has 0 saturated carbocycles. The summed E-state index contributed by atoms with van der Waals surface area (Å²) in [5.41, 5.74) is 3.10. The van der Waals surface area contributed by atoms with Crippen molar-refractivity contribution in [3.05, 3.63) is 43.4 Å². The second kappa shape index (κ2) is 7.88. The van der Waals surface area contributed by atoms with Gasteiger partial charge in [-0.2, -0.15) is 4.57 Å². The van der Waals surface area contributed by atoms with Crippen LogP contribution in [0.2, 0.25) is 0 Å². The minimum Gasteiger partial charge on any atom is -0.342 e. The van der Waals surface area contributed by atoms with Gasteiger partial charge in [0.05, 0.1) is 51.2 Å². The fourth-order valence-electron chi connectivity index (χ4n) is 4.80. The van der Waals surface area contributed by atoms with Crippen LogP contribution in [0.5, 0.6) is 0 Å². The maximum Gasteiger partial charge on any atom is 0.262 e. The molecule has 158 valence electrons. The molecule has 4 heterocycles. The van der Waals surface area contributed by atoms with E-state index in [9.17, 15) is 0 Å². The summed E-state index contributed by atoms with van der Waals surface area (Å²) in [5, 5.41) is 2.73. The second-order valence-electron chi connectivity index (χ2n) is 10.1. The smallest absolute Gasteiger partial charge is 0.262 e. The molecule has 0 atom stereocenters. The molecule has 1 aromatic rings. The fourth-order valence-corrected chi connectivity index (χ4v) is 7.63. The van der Waals surface area contributed by atoms with Gasteiger partial charge < -0.3 is 13.9 Å². The van der Waals surface area contributed by atoms with Gasteiger partial charge in [0.25, 0.3) is 5.01 Å². The van der Waals surface area contributed by atoms with E-state index in [2.05, 4.69) is 70.0 Å². The molecule has 4 rings (SSSR count). The number of hydrogen-bond acceptors (Lipinski definition) is 3. The van der Waals surface area contributed by atoms with Gasteiger partial charge in [-0.3, -0.25) is 0 Å². The largest absolute Gasteiger partial charge is 0.342 e. The van der Waals surface area contributed by atoms with E-state index in [0.29, 0.717) is 0 Å². The van der Waals surface area contributed by atoms with Crippen LogP contribution in [-0.4, -0.2) is 68.7 Å². The van der Waals surface area contributed by atoms with E-state index in [1.807, 2.05) is 23.1 Å². The zero-order valence-electron chi connectivity index (χ0n) is 19.0. The van der Waals surface area contributed by atoms with Crippen LogP contribution in [0, 0.1) is 0 Å². The molecule has 0 fully saturated rings. The Morgan fingerprint density at radius 3 is 2.45 bits per heavy atom. The second-order valence-corrected chi connectivity index (χ2v) is 12.3. The number of rotatable bonds is 2. The van der Waals surface area contributed by atoms with Crippen LogP contribution in [0.1, 0.15) is 34.8 Å². The number of allylic oxidation sites excluding steroid dienone is 3. The predicted molar refractivity (Wildman–Crippen MR) is 125 cm³/mol. The normalized spacial score (nSPS) is 25.3. The van der Waals surface area contributed by atoms with Crippen molar-refractivity contribution < 1.29 is 13.5 Å². The molecule has 0 saturated heterocycles. The highest BCUT2D eigenvalue weighted by Crippen LogP contribution is 2.44. The Balaban J connectivity index is 1.51. The lowest BCUT2D eigenvalue weighted by molar-refractivity contribution is -0.902. The van der Waals surface area contributed by atoms with E-state index in [0.717, 1.165) is 22.1 Å². The molecule has 0 unspecified atom stereocenters. The number of nitrogens with zero attached hydrogens (tertiary/aromatic N) is 4. The van der Waals surface area contributed by atoms with Crippen molar-refractivity contribution in [1.82, 2.24) is 4.90 Å². The minimum absolute atomic E-state index is 1.11. The van der Waals surface area contributed by atoms with Gasteiger partial charge in [0.2, 0.25) is 5.69 Å². The Hall–Kier alpha value is -1.08. The topological polar surface area (TPSA) is 7.12 Å². The summed E-state index contributed by atoms with van der Waals surface area (Å²) in [6.45, 7) is 4.86. The molecule has 0 radical (unpaired) electrons. The van der Waals surface area contributed by atoms with Crippen molar-refractivity contribution in [2.75, 3.05) is 54.9 Å². The number of thiazole rings is 1. The Labute approximate surface area is 185 Å². The fraction of sp³-hybridized carbons (Fsp3) is 0.609. The van der Waals surface area contributed by atoms with E-state index in [-0.39, 0.29) is 0 Å². The number of quaternary nitrogens is 2. The first-order chi connectivity index (χ1) is 13.7. The predicted octanol–water partition coefficient (Wildman–Crippen LogP) is 3.71. The van der Waals surface area contributed by atoms with Gasteiger partial charge in [0.1, 0.15) is 25.0 Å². The molecule has 0 aromatic carbocycles. The molecule has 6 heteroatoms. The maximum atomic E-state index is 2.43. The summed E-state index contributed by atoms with van der Waals surface area (Å²) < 4.78 is 4.64. The van der Waals surface area contributed by atoms with Crippen LogP contribution >= 0.6 is 23.1 Å². The van der Waals surface area contributed by atoms with Crippen molar-refractivity contribution in [3.63, 3.8) is 0 Å². The number of fused-ring (bicyclic) bond motifs is 1. The lowest BCUT2D eigenvalue weighted by Crippen LogP contribution is -2.40. The monoisotopic (exact) mass is 433 g/mol. The molecule has 0 bridgehead atoms. The third-order valence-corrected chi connectivity index (χ3v) is 9.01. The standard InChI is InChI=1S/C23H37N4S2/c1-24-18-10-8-14-26(3,4)16-20(18)28-22(24)12-7-13-23-25(2)19-11-9-15-27(5,6)17-21(19)29-23/h7,12-13H,8-11,14-17H2,1-6H3/q+3. The van der Waals surface area contributed by atoms with Crippen molar-refractivity contribution in [1.29, 1.82) is 0 Å². The highest BCUT2D eigenvalue weighted by atomic mass is 32.2. The highest BCUT2D eigenvalue weighted by Gasteiger charge is 2.33. The van der Waals surface area contributed by atoms with Gasteiger partial charge >= 0.3 is 0 Å². The molecule has 0 N–H and O–H groups in total. The van der Waals surface area contributed by atoms with E-state index in [1.165, 1.54) is 48.8 Å². The molecule has 3 aliphatic rings. The Kier molecular flexibility index (Phi) is 5.75. The van der Waals surface area contributed by atoms with E-state index in [4.69, 9.17) is 0 Å². The van der Waals surface area contributed by atoms with Gasteiger partial charge in [-0.05, 0) is 12.5 Å². The van der Waals surface area contributed by atoms with Crippen molar-refractivity contribution in [2.24, 2.45) is 7.05 Å². The summed E-state index contributed by atoms with van der Waals surface area (Å²) in [5.74, 6) is 0. The third-order valence-electron chi connectivity index (χ3n) is 6.55. The Morgan fingerprint density at radius 1 is 1.00 bits per heavy atom. The molecule has 3 aliphatic heterocycles. The first-order valence-electron chi connectivity index (χ1n) is 10.8. The van der Waals surface area contributed by atoms with Crippen molar-refractivity contribution >= 4 is 29.2 Å². The molecule has 0 aliphatic carbocycles. The zero-order valence-corrected chi connectivity index (χ0v) is 20.6. The summed E-state index contributed by atoms with van der Waals surface area (Å²) in [6, 6.07) is 0. The first kappa shape index (κ1) is 21.2. The number of hydrogen-bond donors (Lipinski definition) is 0. The van der Waals surface area contributed by atoms with Crippen LogP contribution in [-0.2, 0) is 20.0 Å². The molecule has 0 amide bonds. The Bertz CT molecular complexity index is 889. The van der Waals surface area contributed by atoms with Gasteiger partial charge in [-0.25, -0.2) is 0 Å². The molecule has 29 heavy (non-hydrogen) atoms. The molecular formula is C23H37N4S2+3. The lowest BCUT2D eigenvalue weighted by Gasteiger charge is -2.28. The minimum atomic E-state index is 1.11. The van der Waals surface area contributed by atoms with Crippen LogP contribution < -0.4 is 4.57 Å². The SMILES string of the molecule is CN1C(=CC=Cc2sc3c([n+]2C)CCC[N+](C)(C)C3)SC2=C1CCC[N+](C)(C)C2. The van der Waals surface area contributed by atoms with E-state index in [1.54, 1.807) is 21.2 Å². The number of thioether (sulfide) groups is 1. The first-order valence-corrected chi connectivity index (χ1v) is 12.5.